The van der Waals surface area contributed by atoms with Gasteiger partial charge in [0.2, 0.25) is 0 Å². The molecule has 0 N–H and O–H groups in total. The van der Waals surface area contributed by atoms with Crippen molar-refractivity contribution in [2.24, 2.45) is 0 Å². The van der Waals surface area contributed by atoms with Crippen molar-refractivity contribution < 1.29 is 18.7 Å². The maximum Gasteiger partial charge on any atom is 0.412 e. The standard InChI is InChI=1S/C21H39NO4Si/c1-12-13-14-16-17(15-24-27(10,11)20(5,6)7)25-21(8,9)22(16)18(23)26-19(2,3)4/h16-17H,14-15H2,1-11H3/t16-,17+/m0/s1. The van der Waals surface area contributed by atoms with E-state index >= 15 is 0 Å². The first-order valence-electron chi connectivity index (χ1n) is 9.75. The molecule has 1 rings (SSSR count). The molecule has 1 heterocycles. The van der Waals surface area contributed by atoms with Crippen LogP contribution < -0.4 is 0 Å². The van der Waals surface area contributed by atoms with Gasteiger partial charge in [0.15, 0.2) is 8.32 Å². The topological polar surface area (TPSA) is 48.0 Å². The summed E-state index contributed by atoms with van der Waals surface area (Å²) in [5.74, 6) is 6.04. The third kappa shape index (κ3) is 6.23. The summed E-state index contributed by atoms with van der Waals surface area (Å²) in [5.41, 5.74) is -1.34. The molecule has 0 spiro atoms. The second-order valence-electron chi connectivity index (χ2n) is 10.2. The molecule has 5 nitrogen and oxygen atoms in total. The molecule has 2 atom stereocenters. The van der Waals surface area contributed by atoms with Gasteiger partial charge >= 0.3 is 6.09 Å². The lowest BCUT2D eigenvalue weighted by Crippen LogP contribution is -2.50. The fraction of sp³-hybridized carbons (Fsp3) is 0.857. The lowest BCUT2D eigenvalue weighted by molar-refractivity contribution is -0.0855. The van der Waals surface area contributed by atoms with Gasteiger partial charge in [-0.2, -0.15) is 0 Å². The average molecular weight is 398 g/mol. The zero-order valence-electron chi connectivity index (χ0n) is 19.1. The van der Waals surface area contributed by atoms with Gasteiger partial charge in [-0.1, -0.05) is 20.8 Å². The molecule has 1 aliphatic heterocycles. The minimum Gasteiger partial charge on any atom is -0.444 e. The summed E-state index contributed by atoms with van der Waals surface area (Å²) in [6.07, 6.45) is -0.0715. The van der Waals surface area contributed by atoms with Crippen LogP contribution in [-0.2, 0) is 13.9 Å². The van der Waals surface area contributed by atoms with Gasteiger partial charge in [-0.3, -0.25) is 4.90 Å². The highest BCUT2D eigenvalue weighted by Crippen LogP contribution is 2.39. The number of nitrogens with zero attached hydrogens (tertiary/aromatic N) is 1. The van der Waals surface area contributed by atoms with Crippen LogP contribution in [0.5, 0.6) is 0 Å². The van der Waals surface area contributed by atoms with Crippen molar-refractivity contribution >= 4 is 14.4 Å². The summed E-state index contributed by atoms with van der Waals surface area (Å²) in [7, 11) is -1.92. The van der Waals surface area contributed by atoms with Crippen LogP contribution in [0.1, 0.15) is 68.7 Å². The molecule has 0 aromatic carbocycles. The Balaban J connectivity index is 3.07. The van der Waals surface area contributed by atoms with Gasteiger partial charge in [-0.25, -0.2) is 4.79 Å². The van der Waals surface area contributed by atoms with E-state index in [1.165, 1.54) is 0 Å². The quantitative estimate of drug-likeness (QED) is 0.485. The van der Waals surface area contributed by atoms with Gasteiger partial charge in [-0.05, 0) is 59.7 Å². The van der Waals surface area contributed by atoms with Crippen LogP contribution in [0.2, 0.25) is 18.1 Å². The van der Waals surface area contributed by atoms with Crippen LogP contribution in [0, 0.1) is 11.8 Å². The summed E-state index contributed by atoms with van der Waals surface area (Å²) >= 11 is 0. The normalized spacial score (nSPS) is 23.0. The number of carbonyl (C=O) groups is 1. The Hall–Kier alpha value is -1.03. The monoisotopic (exact) mass is 397 g/mol. The summed E-state index contributed by atoms with van der Waals surface area (Å²) in [6, 6.07) is -0.202. The Morgan fingerprint density at radius 3 is 2.19 bits per heavy atom. The van der Waals surface area contributed by atoms with Crippen LogP contribution >= 0.6 is 0 Å². The molecule has 0 aromatic rings. The van der Waals surface area contributed by atoms with E-state index < -0.39 is 19.6 Å². The van der Waals surface area contributed by atoms with Gasteiger partial charge in [0.1, 0.15) is 17.4 Å². The van der Waals surface area contributed by atoms with Crippen LogP contribution in [0.3, 0.4) is 0 Å². The Labute approximate surface area is 167 Å². The molecule has 0 bridgehead atoms. The zero-order valence-corrected chi connectivity index (χ0v) is 20.1. The Bertz CT molecular complexity index is 590. The number of hydrogen-bond acceptors (Lipinski definition) is 4. The maximum absolute atomic E-state index is 12.9. The highest BCUT2D eigenvalue weighted by Gasteiger charge is 2.51. The molecule has 0 saturated carbocycles. The fourth-order valence-electron chi connectivity index (χ4n) is 2.82. The van der Waals surface area contributed by atoms with Crippen molar-refractivity contribution in [3.8, 4) is 11.8 Å². The SMILES string of the molecule is CC#CC[C@H]1[C@@H](CO[Si](C)(C)C(C)(C)C)OC(C)(C)N1C(=O)OC(C)(C)C. The number of hydrogen-bond donors (Lipinski definition) is 0. The molecule has 1 aliphatic rings. The highest BCUT2D eigenvalue weighted by molar-refractivity contribution is 6.74. The van der Waals surface area contributed by atoms with Gasteiger partial charge in [-0.15, -0.1) is 11.8 Å². The first kappa shape index (κ1) is 24.0. The van der Waals surface area contributed by atoms with Crippen molar-refractivity contribution in [3.63, 3.8) is 0 Å². The van der Waals surface area contributed by atoms with Crippen molar-refractivity contribution in [2.45, 2.75) is 110 Å². The van der Waals surface area contributed by atoms with E-state index in [2.05, 4.69) is 45.7 Å². The number of amides is 1. The molecule has 156 valence electrons. The Morgan fingerprint density at radius 2 is 1.74 bits per heavy atom. The molecule has 0 aliphatic carbocycles. The van der Waals surface area contributed by atoms with E-state index in [0.717, 1.165) is 0 Å². The molecule has 1 saturated heterocycles. The summed E-state index contributed by atoms with van der Waals surface area (Å²) in [5, 5.41) is 0.116. The third-order valence-electron chi connectivity index (χ3n) is 5.27. The Morgan fingerprint density at radius 1 is 1.19 bits per heavy atom. The van der Waals surface area contributed by atoms with Crippen molar-refractivity contribution in [1.82, 2.24) is 4.90 Å². The van der Waals surface area contributed by atoms with E-state index in [4.69, 9.17) is 13.9 Å². The smallest absolute Gasteiger partial charge is 0.412 e. The molecule has 1 amide bonds. The lowest BCUT2D eigenvalue weighted by Gasteiger charge is -2.37. The predicted octanol–water partition coefficient (Wildman–Crippen LogP) is 5.16. The lowest BCUT2D eigenvalue weighted by atomic mass is 10.1. The van der Waals surface area contributed by atoms with Gasteiger partial charge in [0.05, 0.1) is 12.6 Å². The van der Waals surface area contributed by atoms with Gasteiger partial charge < -0.3 is 13.9 Å². The van der Waals surface area contributed by atoms with E-state index in [0.29, 0.717) is 13.0 Å². The molecular weight excluding hydrogens is 358 g/mol. The summed E-state index contributed by atoms with van der Waals surface area (Å²) in [6.45, 7) is 22.7. The third-order valence-corrected chi connectivity index (χ3v) is 9.77. The molecular formula is C21H39NO4Si. The predicted molar refractivity (Wildman–Crippen MR) is 112 cm³/mol. The summed E-state index contributed by atoms with van der Waals surface area (Å²) in [4.78, 5) is 14.6. The molecule has 27 heavy (non-hydrogen) atoms. The van der Waals surface area contributed by atoms with Gasteiger partial charge in [0.25, 0.3) is 0 Å². The highest BCUT2D eigenvalue weighted by atomic mass is 28.4. The fourth-order valence-corrected chi connectivity index (χ4v) is 3.83. The molecule has 0 radical (unpaired) electrons. The second-order valence-corrected chi connectivity index (χ2v) is 15.0. The van der Waals surface area contributed by atoms with Crippen LogP contribution in [0.4, 0.5) is 4.79 Å². The van der Waals surface area contributed by atoms with E-state index in [1.807, 2.05) is 34.6 Å². The van der Waals surface area contributed by atoms with Crippen molar-refractivity contribution in [2.75, 3.05) is 6.61 Å². The van der Waals surface area contributed by atoms with E-state index in [9.17, 15) is 4.79 Å². The number of carbonyl (C=O) groups excluding carboxylic acids is 1. The van der Waals surface area contributed by atoms with E-state index in [-0.39, 0.29) is 23.3 Å². The first-order valence-corrected chi connectivity index (χ1v) is 12.7. The van der Waals surface area contributed by atoms with Crippen molar-refractivity contribution in [1.29, 1.82) is 0 Å². The van der Waals surface area contributed by atoms with Crippen LogP contribution in [0.15, 0.2) is 0 Å². The Kier molecular flexibility index (Phi) is 7.24. The minimum atomic E-state index is -1.92. The van der Waals surface area contributed by atoms with Crippen molar-refractivity contribution in [3.05, 3.63) is 0 Å². The molecule has 0 unspecified atom stereocenters. The van der Waals surface area contributed by atoms with E-state index in [1.54, 1.807) is 11.8 Å². The largest absolute Gasteiger partial charge is 0.444 e. The average Bonchev–Trinajstić information content (AvgIpc) is 2.70. The molecule has 0 aromatic heterocycles. The molecule has 1 fully saturated rings. The number of rotatable bonds is 4. The maximum atomic E-state index is 12.9. The zero-order chi connectivity index (χ0) is 21.3. The van der Waals surface area contributed by atoms with Crippen LogP contribution in [-0.4, -0.2) is 49.4 Å². The summed E-state index contributed by atoms with van der Waals surface area (Å²) < 4.78 is 18.3. The minimum absolute atomic E-state index is 0.116. The van der Waals surface area contributed by atoms with Gasteiger partial charge in [0, 0.05) is 6.42 Å². The van der Waals surface area contributed by atoms with Crippen LogP contribution in [0.25, 0.3) is 0 Å². The first-order chi connectivity index (χ1) is 12.0. The number of ether oxygens (including phenoxy) is 2. The second kappa shape index (κ2) is 8.14. The molecule has 6 heteroatoms.